The first kappa shape index (κ1) is 15.1. The second kappa shape index (κ2) is 6.43. The highest BCUT2D eigenvalue weighted by molar-refractivity contribution is 5.98. The summed E-state index contributed by atoms with van der Waals surface area (Å²) in [5, 5.41) is 22.9. The Morgan fingerprint density at radius 1 is 1.48 bits per heavy atom. The van der Waals surface area contributed by atoms with Crippen molar-refractivity contribution in [2.75, 3.05) is 18.0 Å². The number of amidine groups is 1. The van der Waals surface area contributed by atoms with Gasteiger partial charge in [0.05, 0.1) is 4.92 Å². The van der Waals surface area contributed by atoms with Crippen LogP contribution in [0.4, 0.5) is 11.4 Å². The number of nitro benzene ring substituents is 1. The van der Waals surface area contributed by atoms with Crippen molar-refractivity contribution >= 4 is 17.2 Å². The minimum absolute atomic E-state index is 0.00588. The van der Waals surface area contributed by atoms with Gasteiger partial charge in [0, 0.05) is 24.7 Å². The molecule has 1 atom stereocenters. The molecule has 3 N–H and O–H groups in total. The monoisotopic (exact) mass is 292 g/mol. The summed E-state index contributed by atoms with van der Waals surface area (Å²) in [7, 11) is 0. The van der Waals surface area contributed by atoms with E-state index in [4.69, 9.17) is 10.9 Å². The van der Waals surface area contributed by atoms with Gasteiger partial charge in [0.15, 0.2) is 5.84 Å². The molecule has 0 saturated carbocycles. The summed E-state index contributed by atoms with van der Waals surface area (Å²) in [6, 6.07) is 4.69. The Kier molecular flexibility index (Phi) is 4.62. The molecule has 7 heteroatoms. The van der Waals surface area contributed by atoms with Crippen LogP contribution in [0.2, 0.25) is 0 Å². The van der Waals surface area contributed by atoms with Gasteiger partial charge in [-0.1, -0.05) is 12.1 Å². The van der Waals surface area contributed by atoms with Crippen molar-refractivity contribution in [1.29, 1.82) is 0 Å². The van der Waals surface area contributed by atoms with E-state index in [0.717, 1.165) is 32.4 Å². The molecule has 0 radical (unpaired) electrons. The van der Waals surface area contributed by atoms with E-state index in [1.807, 2.05) is 0 Å². The molecular weight excluding hydrogens is 272 g/mol. The molecule has 2 rings (SSSR count). The van der Waals surface area contributed by atoms with Gasteiger partial charge in [0.25, 0.3) is 5.69 Å². The summed E-state index contributed by atoms with van der Waals surface area (Å²) in [5.41, 5.74) is 6.44. The SMILES string of the molecule is CC1CCCN(c2ccc(C(N)=NO)cc2[N+](=O)[O-])CC1. The summed E-state index contributed by atoms with van der Waals surface area (Å²) in [6.07, 6.45) is 3.20. The third kappa shape index (κ3) is 3.42. The zero-order valence-corrected chi connectivity index (χ0v) is 12.0. The molecule has 21 heavy (non-hydrogen) atoms. The number of hydrogen-bond donors (Lipinski definition) is 2. The molecule has 0 aromatic heterocycles. The molecule has 0 bridgehead atoms. The van der Waals surface area contributed by atoms with Gasteiger partial charge in [-0.05, 0) is 37.3 Å². The Balaban J connectivity index is 2.36. The third-order valence-electron chi connectivity index (χ3n) is 3.93. The molecule has 1 saturated heterocycles. The highest BCUT2D eigenvalue weighted by Crippen LogP contribution is 2.31. The molecule has 1 aliphatic heterocycles. The first-order chi connectivity index (χ1) is 10.0. The minimum Gasteiger partial charge on any atom is -0.409 e. The Bertz CT molecular complexity index is 559. The first-order valence-electron chi connectivity index (χ1n) is 7.04. The van der Waals surface area contributed by atoms with E-state index >= 15 is 0 Å². The number of oxime groups is 1. The lowest BCUT2D eigenvalue weighted by Crippen LogP contribution is -2.25. The van der Waals surface area contributed by atoms with Crippen LogP contribution >= 0.6 is 0 Å². The van der Waals surface area contributed by atoms with Crippen LogP contribution < -0.4 is 10.6 Å². The summed E-state index contributed by atoms with van der Waals surface area (Å²) >= 11 is 0. The lowest BCUT2D eigenvalue weighted by molar-refractivity contribution is -0.384. The molecule has 114 valence electrons. The van der Waals surface area contributed by atoms with E-state index in [9.17, 15) is 10.1 Å². The predicted molar refractivity (Wildman–Crippen MR) is 80.8 cm³/mol. The van der Waals surface area contributed by atoms with Crippen LogP contribution in [0.5, 0.6) is 0 Å². The number of nitrogens with two attached hydrogens (primary N) is 1. The van der Waals surface area contributed by atoms with Crippen LogP contribution in [-0.2, 0) is 0 Å². The van der Waals surface area contributed by atoms with E-state index in [0.29, 0.717) is 17.2 Å². The maximum absolute atomic E-state index is 11.3. The van der Waals surface area contributed by atoms with Gasteiger partial charge < -0.3 is 15.8 Å². The largest absolute Gasteiger partial charge is 0.409 e. The van der Waals surface area contributed by atoms with Crippen LogP contribution in [0.15, 0.2) is 23.4 Å². The summed E-state index contributed by atoms with van der Waals surface area (Å²) in [4.78, 5) is 12.9. The average molecular weight is 292 g/mol. The normalized spacial score (nSPS) is 20.1. The number of rotatable bonds is 3. The highest BCUT2D eigenvalue weighted by atomic mass is 16.6. The Morgan fingerprint density at radius 2 is 2.24 bits per heavy atom. The van der Waals surface area contributed by atoms with Gasteiger partial charge >= 0.3 is 0 Å². The Hall–Kier alpha value is -2.31. The third-order valence-corrected chi connectivity index (χ3v) is 3.93. The molecular formula is C14H20N4O3. The highest BCUT2D eigenvalue weighted by Gasteiger charge is 2.23. The topological polar surface area (TPSA) is 105 Å². The van der Waals surface area contributed by atoms with Crippen LogP contribution in [0.25, 0.3) is 0 Å². The van der Waals surface area contributed by atoms with Crippen LogP contribution in [-0.4, -0.2) is 29.1 Å². The molecule has 0 amide bonds. The molecule has 0 spiro atoms. The lowest BCUT2D eigenvalue weighted by atomic mass is 10.0. The Morgan fingerprint density at radius 3 is 2.90 bits per heavy atom. The van der Waals surface area contributed by atoms with E-state index in [2.05, 4.69) is 17.0 Å². The number of nitro groups is 1. The second-order valence-corrected chi connectivity index (χ2v) is 5.47. The van der Waals surface area contributed by atoms with E-state index in [1.165, 1.54) is 6.07 Å². The molecule has 1 aliphatic rings. The van der Waals surface area contributed by atoms with Crippen molar-refractivity contribution in [2.24, 2.45) is 16.8 Å². The van der Waals surface area contributed by atoms with Crippen LogP contribution in [0.1, 0.15) is 31.7 Å². The molecule has 1 unspecified atom stereocenters. The second-order valence-electron chi connectivity index (χ2n) is 5.47. The van der Waals surface area contributed by atoms with Crippen molar-refractivity contribution in [3.05, 3.63) is 33.9 Å². The van der Waals surface area contributed by atoms with Crippen molar-refractivity contribution in [2.45, 2.75) is 26.2 Å². The molecule has 1 heterocycles. The van der Waals surface area contributed by atoms with Gasteiger partial charge in [-0.25, -0.2) is 0 Å². The van der Waals surface area contributed by atoms with Crippen molar-refractivity contribution in [3.63, 3.8) is 0 Å². The van der Waals surface area contributed by atoms with Crippen molar-refractivity contribution in [3.8, 4) is 0 Å². The predicted octanol–water partition coefficient (Wildman–Crippen LogP) is 2.32. The molecule has 1 aromatic rings. The maximum Gasteiger partial charge on any atom is 0.293 e. The van der Waals surface area contributed by atoms with Crippen LogP contribution in [0, 0.1) is 16.0 Å². The lowest BCUT2D eigenvalue weighted by Gasteiger charge is -2.22. The number of nitrogens with zero attached hydrogens (tertiary/aromatic N) is 3. The quantitative estimate of drug-likeness (QED) is 0.292. The van der Waals surface area contributed by atoms with E-state index in [1.54, 1.807) is 12.1 Å². The van der Waals surface area contributed by atoms with Crippen molar-refractivity contribution in [1.82, 2.24) is 0 Å². The fraction of sp³-hybridized carbons (Fsp3) is 0.500. The van der Waals surface area contributed by atoms with Gasteiger partial charge in [0.1, 0.15) is 5.69 Å². The van der Waals surface area contributed by atoms with Gasteiger partial charge in [-0.3, -0.25) is 10.1 Å². The molecule has 1 aromatic carbocycles. The molecule has 7 nitrogen and oxygen atoms in total. The van der Waals surface area contributed by atoms with Gasteiger partial charge in [-0.2, -0.15) is 0 Å². The van der Waals surface area contributed by atoms with Crippen molar-refractivity contribution < 1.29 is 10.1 Å². The average Bonchev–Trinajstić information content (AvgIpc) is 2.70. The zero-order valence-electron chi connectivity index (χ0n) is 12.0. The standard InChI is InChI=1S/C14H20N4O3/c1-10-3-2-7-17(8-6-10)12-5-4-11(14(15)16-19)9-13(12)18(20)21/h4-5,9-10,19H,2-3,6-8H2,1H3,(H2,15,16). The van der Waals surface area contributed by atoms with Gasteiger partial charge in [-0.15, -0.1) is 0 Å². The smallest absolute Gasteiger partial charge is 0.293 e. The minimum atomic E-state index is -0.419. The molecule has 1 fully saturated rings. The first-order valence-corrected chi connectivity index (χ1v) is 7.04. The fourth-order valence-corrected chi connectivity index (χ4v) is 2.66. The Labute approximate surface area is 123 Å². The summed E-state index contributed by atoms with van der Waals surface area (Å²) in [5.74, 6) is 0.514. The van der Waals surface area contributed by atoms with Crippen LogP contribution in [0.3, 0.4) is 0 Å². The van der Waals surface area contributed by atoms with Gasteiger partial charge in [0.2, 0.25) is 0 Å². The summed E-state index contributed by atoms with van der Waals surface area (Å²) < 4.78 is 0. The maximum atomic E-state index is 11.3. The molecule has 0 aliphatic carbocycles. The van der Waals surface area contributed by atoms with E-state index < -0.39 is 4.92 Å². The number of benzene rings is 1. The van der Waals surface area contributed by atoms with E-state index in [-0.39, 0.29) is 11.5 Å². The number of hydrogen-bond acceptors (Lipinski definition) is 5. The summed E-state index contributed by atoms with van der Waals surface area (Å²) in [6.45, 7) is 3.83. The fourth-order valence-electron chi connectivity index (χ4n) is 2.66. The zero-order chi connectivity index (χ0) is 15.4. The number of anilines is 1.